The number of H-pyrrole nitrogens is 1. The van der Waals surface area contributed by atoms with Crippen molar-refractivity contribution in [3.8, 4) is 5.75 Å². The molecule has 0 amide bonds. The third-order valence-electron chi connectivity index (χ3n) is 4.72. The van der Waals surface area contributed by atoms with E-state index >= 15 is 0 Å². The van der Waals surface area contributed by atoms with E-state index in [1.54, 1.807) is 25.3 Å². The average molecular weight is 425 g/mol. The lowest BCUT2D eigenvalue weighted by Gasteiger charge is -2.11. The molecule has 0 aliphatic carbocycles. The summed E-state index contributed by atoms with van der Waals surface area (Å²) in [6.07, 6.45) is 2.01. The van der Waals surface area contributed by atoms with Crippen LogP contribution >= 0.6 is 11.8 Å². The van der Waals surface area contributed by atoms with Crippen molar-refractivity contribution in [3.63, 3.8) is 0 Å². The predicted octanol–water partition coefficient (Wildman–Crippen LogP) is 5.37. The number of halogens is 1. The minimum absolute atomic E-state index is 0.0325. The molecule has 4 aromatic rings. The highest BCUT2D eigenvalue weighted by atomic mass is 32.2. The highest BCUT2D eigenvalue weighted by Gasteiger charge is 2.19. The zero-order chi connectivity index (χ0) is 21.1. The van der Waals surface area contributed by atoms with Crippen LogP contribution in [0.4, 0.5) is 4.39 Å². The van der Waals surface area contributed by atoms with Crippen molar-refractivity contribution in [1.29, 1.82) is 0 Å². The van der Waals surface area contributed by atoms with Gasteiger partial charge in [-0.05, 0) is 31.0 Å². The van der Waals surface area contributed by atoms with Crippen LogP contribution in [0, 0.1) is 5.82 Å². The zero-order valence-electron chi connectivity index (χ0n) is 16.5. The van der Waals surface area contributed by atoms with Gasteiger partial charge < -0.3 is 14.1 Å². The summed E-state index contributed by atoms with van der Waals surface area (Å²) in [4.78, 5) is 15.9. The fourth-order valence-corrected chi connectivity index (χ4v) is 3.82. The van der Waals surface area contributed by atoms with E-state index in [2.05, 4.69) is 22.1 Å². The van der Waals surface area contributed by atoms with Crippen molar-refractivity contribution in [2.45, 2.75) is 31.6 Å². The number of aryl methyl sites for hydroxylation is 1. The van der Waals surface area contributed by atoms with Crippen molar-refractivity contribution in [2.75, 3.05) is 5.75 Å². The lowest BCUT2D eigenvalue weighted by atomic mass is 10.1. The summed E-state index contributed by atoms with van der Waals surface area (Å²) >= 11 is 1.16. The molecule has 0 saturated carbocycles. The number of nitrogens with zero attached hydrogens (tertiary/aromatic N) is 2. The Morgan fingerprint density at radius 3 is 2.87 bits per heavy atom. The summed E-state index contributed by atoms with van der Waals surface area (Å²) in [6, 6.07) is 12.1. The second kappa shape index (κ2) is 8.71. The standard InChI is InChI=1S/C22H20FN3O3S/c1-3-14-7-6-8-15-16(11-24-20(14)15)18(27)12-30-22-26-25-21(29-22)13(2)28-19-10-5-4-9-17(19)23/h4-11,13,24H,3,12H2,1-2H3. The third-order valence-corrected chi connectivity index (χ3v) is 5.54. The number of hydrogen-bond donors (Lipinski definition) is 1. The number of para-hydroxylation sites is 2. The number of nitrogens with one attached hydrogen (secondary N) is 1. The summed E-state index contributed by atoms with van der Waals surface area (Å²) in [5, 5.41) is 9.09. The van der Waals surface area contributed by atoms with Crippen molar-refractivity contribution in [3.05, 3.63) is 71.5 Å². The molecule has 1 atom stereocenters. The fraction of sp³-hybridized carbons (Fsp3) is 0.227. The van der Waals surface area contributed by atoms with Gasteiger partial charge in [-0.15, -0.1) is 10.2 Å². The molecule has 154 valence electrons. The number of Topliss-reactive ketones (excluding diaryl/α,β-unsaturated/α-hetero) is 1. The van der Waals surface area contributed by atoms with Crippen LogP contribution in [0.5, 0.6) is 5.75 Å². The van der Waals surface area contributed by atoms with Crippen molar-refractivity contribution in [1.82, 2.24) is 15.2 Å². The van der Waals surface area contributed by atoms with E-state index in [0.29, 0.717) is 5.56 Å². The number of ether oxygens (including phenoxy) is 1. The largest absolute Gasteiger partial charge is 0.478 e. The number of fused-ring (bicyclic) bond motifs is 1. The number of hydrogen-bond acceptors (Lipinski definition) is 6. The molecule has 0 bridgehead atoms. The second-order valence-electron chi connectivity index (χ2n) is 6.70. The van der Waals surface area contributed by atoms with Gasteiger partial charge >= 0.3 is 0 Å². The summed E-state index contributed by atoms with van der Waals surface area (Å²) in [6.45, 7) is 3.77. The van der Waals surface area contributed by atoms with Gasteiger partial charge in [0.15, 0.2) is 23.5 Å². The Morgan fingerprint density at radius 2 is 2.07 bits per heavy atom. The van der Waals surface area contributed by atoms with E-state index in [9.17, 15) is 9.18 Å². The summed E-state index contributed by atoms with van der Waals surface area (Å²) in [5.74, 6) is -0.0109. The second-order valence-corrected chi connectivity index (χ2v) is 7.63. The van der Waals surface area contributed by atoms with Crippen LogP contribution in [0.2, 0.25) is 0 Å². The molecule has 2 heterocycles. The Bertz CT molecular complexity index is 1190. The number of rotatable bonds is 8. The fourth-order valence-electron chi connectivity index (χ4n) is 3.17. The van der Waals surface area contributed by atoms with Crippen molar-refractivity contribution in [2.24, 2.45) is 0 Å². The summed E-state index contributed by atoms with van der Waals surface area (Å²) in [5.41, 5.74) is 2.81. The smallest absolute Gasteiger partial charge is 0.277 e. The molecule has 30 heavy (non-hydrogen) atoms. The van der Waals surface area contributed by atoms with Crippen LogP contribution < -0.4 is 4.74 Å². The average Bonchev–Trinajstić information content (AvgIpc) is 3.41. The van der Waals surface area contributed by atoms with Gasteiger partial charge in [-0.2, -0.15) is 0 Å². The van der Waals surface area contributed by atoms with Gasteiger partial charge in [-0.25, -0.2) is 4.39 Å². The Balaban J connectivity index is 1.41. The number of thioether (sulfide) groups is 1. The lowest BCUT2D eigenvalue weighted by molar-refractivity contribution is 0.102. The molecule has 0 spiro atoms. The molecule has 0 radical (unpaired) electrons. The molecule has 0 aliphatic rings. The van der Waals surface area contributed by atoms with Gasteiger partial charge in [0.25, 0.3) is 11.1 Å². The summed E-state index contributed by atoms with van der Waals surface area (Å²) in [7, 11) is 0. The Kier molecular flexibility index (Phi) is 5.85. The van der Waals surface area contributed by atoms with E-state index < -0.39 is 11.9 Å². The molecule has 8 heteroatoms. The number of benzene rings is 2. The Labute approximate surface area is 176 Å². The molecule has 2 aromatic carbocycles. The van der Waals surface area contributed by atoms with Crippen LogP contribution in [0.15, 0.2) is 58.3 Å². The number of ketones is 1. The maximum Gasteiger partial charge on any atom is 0.277 e. The van der Waals surface area contributed by atoms with Gasteiger partial charge in [0.2, 0.25) is 0 Å². The third kappa shape index (κ3) is 4.09. The molecule has 0 fully saturated rings. The first-order chi connectivity index (χ1) is 14.6. The van der Waals surface area contributed by atoms with Crippen LogP contribution in [0.3, 0.4) is 0 Å². The first-order valence-corrected chi connectivity index (χ1v) is 10.5. The quantitative estimate of drug-likeness (QED) is 0.302. The highest BCUT2D eigenvalue weighted by Crippen LogP contribution is 2.27. The predicted molar refractivity (Wildman–Crippen MR) is 112 cm³/mol. The van der Waals surface area contributed by atoms with Crippen LogP contribution in [0.1, 0.15) is 41.8 Å². The normalized spacial score (nSPS) is 12.2. The Hall–Kier alpha value is -3.13. The topological polar surface area (TPSA) is 81.0 Å². The number of aromatic amines is 1. The van der Waals surface area contributed by atoms with E-state index in [1.165, 1.54) is 17.7 Å². The van der Waals surface area contributed by atoms with Gasteiger partial charge in [0.05, 0.1) is 5.75 Å². The maximum atomic E-state index is 13.7. The molecule has 6 nitrogen and oxygen atoms in total. The first kappa shape index (κ1) is 20.2. The maximum absolute atomic E-state index is 13.7. The minimum atomic E-state index is -0.625. The molecular weight excluding hydrogens is 405 g/mol. The molecule has 2 aromatic heterocycles. The van der Waals surface area contributed by atoms with Gasteiger partial charge in [0, 0.05) is 22.7 Å². The van der Waals surface area contributed by atoms with Crippen molar-refractivity contribution >= 4 is 28.4 Å². The number of carbonyl (C=O) groups is 1. The molecule has 0 aliphatic heterocycles. The van der Waals surface area contributed by atoms with E-state index in [-0.39, 0.29) is 28.4 Å². The molecule has 1 N–H and O–H groups in total. The highest BCUT2D eigenvalue weighted by molar-refractivity contribution is 7.99. The van der Waals surface area contributed by atoms with Gasteiger partial charge in [-0.1, -0.05) is 49.0 Å². The molecule has 0 saturated heterocycles. The Morgan fingerprint density at radius 1 is 1.23 bits per heavy atom. The summed E-state index contributed by atoms with van der Waals surface area (Å²) < 4.78 is 24.9. The number of carbonyl (C=O) groups excluding carboxylic acids is 1. The molecule has 4 rings (SSSR count). The SMILES string of the molecule is CCc1cccc2c(C(=O)CSc3nnc(C(C)Oc4ccccc4F)o3)c[nH]c12. The van der Waals surface area contributed by atoms with E-state index in [4.69, 9.17) is 9.15 Å². The first-order valence-electron chi connectivity index (χ1n) is 9.56. The van der Waals surface area contributed by atoms with E-state index in [0.717, 1.165) is 29.1 Å². The zero-order valence-corrected chi connectivity index (χ0v) is 17.3. The molecular formula is C22H20FN3O3S. The van der Waals surface area contributed by atoms with E-state index in [1.807, 2.05) is 18.2 Å². The van der Waals surface area contributed by atoms with Crippen LogP contribution in [-0.2, 0) is 6.42 Å². The van der Waals surface area contributed by atoms with Crippen LogP contribution in [-0.4, -0.2) is 26.7 Å². The van der Waals surface area contributed by atoms with Crippen molar-refractivity contribution < 1.29 is 18.3 Å². The monoisotopic (exact) mass is 425 g/mol. The molecule has 1 unspecified atom stereocenters. The van der Waals surface area contributed by atoms with Crippen LogP contribution in [0.25, 0.3) is 10.9 Å². The lowest BCUT2D eigenvalue weighted by Crippen LogP contribution is -2.04. The van der Waals surface area contributed by atoms with Gasteiger partial charge in [0.1, 0.15) is 0 Å². The van der Waals surface area contributed by atoms with Gasteiger partial charge in [-0.3, -0.25) is 4.79 Å². The number of aromatic nitrogens is 3. The minimum Gasteiger partial charge on any atom is -0.478 e.